The van der Waals surface area contributed by atoms with Crippen molar-refractivity contribution in [1.82, 2.24) is 9.80 Å². The summed E-state index contributed by atoms with van der Waals surface area (Å²) < 4.78 is 0. The molecule has 1 saturated carbocycles. The van der Waals surface area contributed by atoms with Gasteiger partial charge in [0.25, 0.3) is 0 Å². The topological polar surface area (TPSA) is 26.7 Å². The maximum atomic E-state index is 10.1. The standard InChI is InChI=1S/C13H28N2O/c1-5-11-6-7-13(16)12(10-11)15(4)9-8-14(2)3/h11-13,16H,5-10H2,1-4H3. The number of hydrogen-bond donors (Lipinski definition) is 1. The Morgan fingerprint density at radius 3 is 2.38 bits per heavy atom. The van der Waals surface area contributed by atoms with Crippen LogP contribution in [0.3, 0.4) is 0 Å². The zero-order valence-electron chi connectivity index (χ0n) is 11.3. The van der Waals surface area contributed by atoms with E-state index in [9.17, 15) is 5.11 Å². The van der Waals surface area contributed by atoms with Crippen molar-refractivity contribution in [3.63, 3.8) is 0 Å². The van der Waals surface area contributed by atoms with Crippen LogP contribution in [0.25, 0.3) is 0 Å². The van der Waals surface area contributed by atoms with Gasteiger partial charge in [0.15, 0.2) is 0 Å². The first-order valence-corrected chi connectivity index (χ1v) is 6.57. The van der Waals surface area contributed by atoms with E-state index in [1.54, 1.807) is 0 Å². The number of likely N-dealkylation sites (N-methyl/N-ethyl adjacent to an activating group) is 2. The fraction of sp³-hybridized carbons (Fsp3) is 1.00. The SMILES string of the molecule is CCC1CCC(O)C(N(C)CCN(C)C)C1. The molecule has 0 heterocycles. The van der Waals surface area contributed by atoms with E-state index < -0.39 is 0 Å². The molecule has 3 heteroatoms. The van der Waals surface area contributed by atoms with Gasteiger partial charge in [-0.3, -0.25) is 4.90 Å². The lowest BCUT2D eigenvalue weighted by molar-refractivity contribution is 0.0118. The number of hydrogen-bond acceptors (Lipinski definition) is 3. The average Bonchev–Trinajstić information content (AvgIpc) is 2.26. The van der Waals surface area contributed by atoms with Crippen molar-refractivity contribution in [2.45, 2.75) is 44.8 Å². The van der Waals surface area contributed by atoms with Crippen LogP contribution in [0.5, 0.6) is 0 Å². The second kappa shape index (κ2) is 6.58. The lowest BCUT2D eigenvalue weighted by atomic mass is 9.82. The van der Waals surface area contributed by atoms with Gasteiger partial charge in [0.1, 0.15) is 0 Å². The van der Waals surface area contributed by atoms with Crippen LogP contribution in [0.1, 0.15) is 32.6 Å². The van der Waals surface area contributed by atoms with Crippen molar-refractivity contribution in [3.8, 4) is 0 Å². The first-order chi connectivity index (χ1) is 7.54. The van der Waals surface area contributed by atoms with Crippen molar-refractivity contribution in [1.29, 1.82) is 0 Å². The van der Waals surface area contributed by atoms with E-state index in [0.29, 0.717) is 6.04 Å². The maximum absolute atomic E-state index is 10.1. The zero-order chi connectivity index (χ0) is 12.1. The fourth-order valence-corrected chi connectivity index (χ4v) is 2.58. The molecule has 0 radical (unpaired) electrons. The quantitative estimate of drug-likeness (QED) is 0.771. The first kappa shape index (κ1) is 13.9. The number of aliphatic hydroxyl groups is 1. The van der Waals surface area contributed by atoms with Crippen LogP contribution in [-0.4, -0.2) is 61.3 Å². The Kier molecular flexibility index (Phi) is 5.73. The van der Waals surface area contributed by atoms with Crippen LogP contribution >= 0.6 is 0 Å². The van der Waals surface area contributed by atoms with E-state index in [1.165, 1.54) is 19.3 Å². The van der Waals surface area contributed by atoms with Gasteiger partial charge in [-0.1, -0.05) is 13.3 Å². The second-order valence-electron chi connectivity index (χ2n) is 5.51. The monoisotopic (exact) mass is 228 g/mol. The molecule has 0 aromatic carbocycles. The molecule has 0 amide bonds. The Balaban J connectivity index is 2.42. The molecule has 0 aromatic heterocycles. The van der Waals surface area contributed by atoms with Gasteiger partial charge in [-0.05, 0) is 46.3 Å². The highest BCUT2D eigenvalue weighted by atomic mass is 16.3. The van der Waals surface area contributed by atoms with Gasteiger partial charge >= 0.3 is 0 Å². The highest BCUT2D eigenvalue weighted by molar-refractivity contribution is 4.85. The van der Waals surface area contributed by atoms with Crippen LogP contribution in [0.2, 0.25) is 0 Å². The van der Waals surface area contributed by atoms with Gasteiger partial charge in [0.2, 0.25) is 0 Å². The van der Waals surface area contributed by atoms with Gasteiger partial charge in [0.05, 0.1) is 6.10 Å². The van der Waals surface area contributed by atoms with Gasteiger partial charge in [0, 0.05) is 19.1 Å². The third kappa shape index (κ3) is 4.04. The Morgan fingerprint density at radius 1 is 1.12 bits per heavy atom. The maximum Gasteiger partial charge on any atom is 0.0695 e. The minimum absolute atomic E-state index is 0.116. The highest BCUT2D eigenvalue weighted by Crippen LogP contribution is 2.29. The molecule has 1 rings (SSSR count). The lowest BCUT2D eigenvalue weighted by Crippen LogP contribution is -2.47. The summed E-state index contributed by atoms with van der Waals surface area (Å²) in [5, 5.41) is 10.1. The molecule has 3 unspecified atom stereocenters. The van der Waals surface area contributed by atoms with E-state index in [0.717, 1.165) is 25.4 Å². The van der Waals surface area contributed by atoms with Crippen molar-refractivity contribution in [2.24, 2.45) is 5.92 Å². The summed E-state index contributed by atoms with van der Waals surface area (Å²) in [5.74, 6) is 0.815. The zero-order valence-corrected chi connectivity index (χ0v) is 11.3. The molecule has 1 N–H and O–H groups in total. The summed E-state index contributed by atoms with van der Waals surface area (Å²) >= 11 is 0. The summed E-state index contributed by atoms with van der Waals surface area (Å²) in [6, 6.07) is 0.374. The van der Waals surface area contributed by atoms with Crippen LogP contribution < -0.4 is 0 Å². The Labute approximate surface area is 100 Å². The average molecular weight is 228 g/mol. The highest BCUT2D eigenvalue weighted by Gasteiger charge is 2.30. The third-order valence-corrected chi connectivity index (χ3v) is 3.93. The van der Waals surface area contributed by atoms with Crippen LogP contribution in [0, 0.1) is 5.92 Å². The first-order valence-electron chi connectivity index (χ1n) is 6.57. The van der Waals surface area contributed by atoms with Crippen LogP contribution in [0.4, 0.5) is 0 Å². The summed E-state index contributed by atoms with van der Waals surface area (Å²) in [5.41, 5.74) is 0. The minimum Gasteiger partial charge on any atom is -0.391 e. The van der Waals surface area contributed by atoms with E-state index in [4.69, 9.17) is 0 Å². The van der Waals surface area contributed by atoms with Crippen molar-refractivity contribution in [3.05, 3.63) is 0 Å². The van der Waals surface area contributed by atoms with Crippen molar-refractivity contribution >= 4 is 0 Å². The predicted molar refractivity (Wildman–Crippen MR) is 68.6 cm³/mol. The van der Waals surface area contributed by atoms with Crippen molar-refractivity contribution in [2.75, 3.05) is 34.2 Å². The molecule has 0 bridgehead atoms. The van der Waals surface area contributed by atoms with Crippen LogP contribution in [0.15, 0.2) is 0 Å². The van der Waals surface area contributed by atoms with E-state index in [-0.39, 0.29) is 6.10 Å². The van der Waals surface area contributed by atoms with Gasteiger partial charge in [-0.2, -0.15) is 0 Å². The molecule has 96 valence electrons. The molecule has 16 heavy (non-hydrogen) atoms. The molecule has 1 fully saturated rings. The molecule has 3 nitrogen and oxygen atoms in total. The Morgan fingerprint density at radius 2 is 1.81 bits per heavy atom. The number of nitrogens with zero attached hydrogens (tertiary/aromatic N) is 2. The molecule has 0 aliphatic heterocycles. The Bertz CT molecular complexity index is 196. The smallest absolute Gasteiger partial charge is 0.0695 e. The molecule has 1 aliphatic carbocycles. The minimum atomic E-state index is -0.116. The summed E-state index contributed by atoms with van der Waals surface area (Å²) in [6.45, 7) is 4.38. The Hall–Kier alpha value is -0.120. The van der Waals surface area contributed by atoms with E-state index in [1.807, 2.05) is 0 Å². The lowest BCUT2D eigenvalue weighted by Gasteiger charge is -2.39. The molecule has 0 saturated heterocycles. The molecule has 0 aromatic rings. The predicted octanol–water partition coefficient (Wildman–Crippen LogP) is 1.42. The van der Waals surface area contributed by atoms with E-state index >= 15 is 0 Å². The number of rotatable bonds is 5. The molecule has 1 aliphatic rings. The van der Waals surface area contributed by atoms with Crippen LogP contribution in [-0.2, 0) is 0 Å². The largest absolute Gasteiger partial charge is 0.391 e. The van der Waals surface area contributed by atoms with Gasteiger partial charge in [-0.25, -0.2) is 0 Å². The van der Waals surface area contributed by atoms with Gasteiger partial charge < -0.3 is 10.0 Å². The van der Waals surface area contributed by atoms with E-state index in [2.05, 4.69) is 37.9 Å². The molecule has 3 atom stereocenters. The fourth-order valence-electron chi connectivity index (χ4n) is 2.58. The summed E-state index contributed by atoms with van der Waals surface area (Å²) in [4.78, 5) is 4.54. The summed E-state index contributed by atoms with van der Waals surface area (Å²) in [6.07, 6.45) is 4.49. The second-order valence-corrected chi connectivity index (χ2v) is 5.51. The molecule has 0 spiro atoms. The normalized spacial score (nSPS) is 31.3. The van der Waals surface area contributed by atoms with Crippen molar-refractivity contribution < 1.29 is 5.11 Å². The molecular formula is C13H28N2O. The number of aliphatic hydroxyl groups excluding tert-OH is 1. The third-order valence-electron chi connectivity index (χ3n) is 3.93. The summed E-state index contributed by atoms with van der Waals surface area (Å²) in [7, 11) is 6.34. The van der Waals surface area contributed by atoms with Gasteiger partial charge in [-0.15, -0.1) is 0 Å². The molecular weight excluding hydrogens is 200 g/mol.